The van der Waals surface area contributed by atoms with Gasteiger partial charge in [0.15, 0.2) is 5.65 Å². The zero-order chi connectivity index (χ0) is 21.9. The smallest absolute Gasteiger partial charge is 0.263 e. The fourth-order valence-corrected chi connectivity index (χ4v) is 4.12. The second-order valence-corrected chi connectivity index (χ2v) is 7.94. The Morgan fingerprint density at radius 3 is 2.56 bits per heavy atom. The van der Waals surface area contributed by atoms with Crippen LogP contribution >= 0.6 is 0 Å². The molecule has 0 radical (unpaired) electrons. The molecule has 2 aromatic heterocycles. The molecule has 2 aromatic carbocycles. The molecule has 8 heteroatoms. The van der Waals surface area contributed by atoms with Crippen LogP contribution in [-0.4, -0.2) is 49.7 Å². The fourth-order valence-electron chi connectivity index (χ4n) is 4.12. The molecule has 0 bridgehead atoms. The van der Waals surface area contributed by atoms with Gasteiger partial charge in [-0.25, -0.2) is 4.68 Å². The second kappa shape index (κ2) is 8.66. The van der Waals surface area contributed by atoms with Gasteiger partial charge in [-0.15, -0.1) is 0 Å². The number of likely N-dealkylation sites (tertiary alicyclic amines) is 1. The number of amides is 1. The number of nitrogens with zero attached hydrogens (tertiary/aromatic N) is 4. The number of carbonyl (C=O) groups excluding carboxylic acids is 1. The highest BCUT2D eigenvalue weighted by Crippen LogP contribution is 2.18. The number of nitrogens with one attached hydrogen (secondary N) is 2. The maximum Gasteiger partial charge on any atom is 0.263 e. The van der Waals surface area contributed by atoms with Crippen LogP contribution in [0, 0.1) is 0 Å². The molecule has 5 rings (SSSR count). The Morgan fingerprint density at radius 1 is 1.03 bits per heavy atom. The third kappa shape index (κ3) is 3.99. The van der Waals surface area contributed by atoms with E-state index in [0.29, 0.717) is 24.0 Å². The standard InChI is InChI=1S/C24H24N6O2/c31-22-19-16-25-30(18-11-5-2-6-12-18)21(19)27-24(28-22)26-20-13-15-29(23(20)32)14-7-10-17-8-3-1-4-9-17/h1-6,8-9,11-12,16,20H,7,10,13-15H2,(H2,26,27,28,31). The molecule has 162 valence electrons. The molecule has 3 heterocycles. The van der Waals surface area contributed by atoms with Gasteiger partial charge < -0.3 is 10.2 Å². The first-order chi connectivity index (χ1) is 15.7. The second-order valence-electron chi connectivity index (χ2n) is 7.94. The van der Waals surface area contributed by atoms with E-state index in [-0.39, 0.29) is 17.4 Å². The number of anilines is 1. The molecule has 1 atom stereocenters. The third-order valence-corrected chi connectivity index (χ3v) is 5.78. The van der Waals surface area contributed by atoms with Crippen molar-refractivity contribution in [2.75, 3.05) is 18.4 Å². The number of fused-ring (bicyclic) bond motifs is 1. The number of benzene rings is 2. The lowest BCUT2D eigenvalue weighted by Gasteiger charge is -2.17. The van der Waals surface area contributed by atoms with Gasteiger partial charge in [-0.2, -0.15) is 10.1 Å². The van der Waals surface area contributed by atoms with Crippen LogP contribution in [0.4, 0.5) is 5.95 Å². The highest BCUT2D eigenvalue weighted by atomic mass is 16.2. The van der Waals surface area contributed by atoms with Crippen molar-refractivity contribution in [2.24, 2.45) is 0 Å². The van der Waals surface area contributed by atoms with Crippen LogP contribution in [-0.2, 0) is 11.2 Å². The van der Waals surface area contributed by atoms with Crippen molar-refractivity contribution in [3.8, 4) is 5.69 Å². The van der Waals surface area contributed by atoms with Crippen molar-refractivity contribution >= 4 is 22.9 Å². The molecule has 1 aliphatic heterocycles. The summed E-state index contributed by atoms with van der Waals surface area (Å²) in [5.41, 5.74) is 2.25. The quantitative estimate of drug-likeness (QED) is 0.472. The van der Waals surface area contributed by atoms with Crippen LogP contribution in [0.2, 0.25) is 0 Å². The number of carbonyl (C=O) groups is 1. The molecular weight excluding hydrogens is 404 g/mol. The van der Waals surface area contributed by atoms with E-state index in [2.05, 4.69) is 32.5 Å². The lowest BCUT2D eigenvalue weighted by atomic mass is 10.1. The van der Waals surface area contributed by atoms with Crippen LogP contribution in [0.1, 0.15) is 18.4 Å². The number of H-pyrrole nitrogens is 1. The Labute approximate surface area is 184 Å². The minimum atomic E-state index is -0.402. The molecule has 1 fully saturated rings. The largest absolute Gasteiger partial charge is 0.344 e. The number of hydrogen-bond acceptors (Lipinski definition) is 5. The van der Waals surface area contributed by atoms with Gasteiger partial charge in [0, 0.05) is 13.1 Å². The first-order valence-corrected chi connectivity index (χ1v) is 10.8. The molecule has 1 unspecified atom stereocenters. The molecule has 1 amide bonds. The number of rotatable bonds is 7. The molecular formula is C24H24N6O2. The van der Waals surface area contributed by atoms with Crippen LogP contribution in [0.25, 0.3) is 16.7 Å². The molecule has 1 saturated heterocycles. The summed E-state index contributed by atoms with van der Waals surface area (Å²) < 4.78 is 1.63. The summed E-state index contributed by atoms with van der Waals surface area (Å²) in [5, 5.41) is 7.85. The van der Waals surface area contributed by atoms with E-state index < -0.39 is 6.04 Å². The zero-order valence-corrected chi connectivity index (χ0v) is 17.6. The summed E-state index contributed by atoms with van der Waals surface area (Å²) in [6.45, 7) is 1.41. The molecule has 2 N–H and O–H groups in total. The predicted octanol–water partition coefficient (Wildman–Crippen LogP) is 2.75. The number of para-hydroxylation sites is 1. The van der Waals surface area contributed by atoms with Crippen LogP contribution in [0.15, 0.2) is 71.7 Å². The Morgan fingerprint density at radius 2 is 1.78 bits per heavy atom. The average molecular weight is 428 g/mol. The number of aromatic nitrogens is 4. The third-order valence-electron chi connectivity index (χ3n) is 5.78. The first-order valence-electron chi connectivity index (χ1n) is 10.8. The van der Waals surface area contributed by atoms with Gasteiger partial charge in [0.05, 0.1) is 11.9 Å². The van der Waals surface area contributed by atoms with E-state index in [9.17, 15) is 9.59 Å². The van der Waals surface area contributed by atoms with Crippen molar-refractivity contribution in [3.05, 3.63) is 82.8 Å². The van der Waals surface area contributed by atoms with Gasteiger partial charge in [-0.3, -0.25) is 14.6 Å². The van der Waals surface area contributed by atoms with Gasteiger partial charge >= 0.3 is 0 Å². The number of aromatic amines is 1. The highest BCUT2D eigenvalue weighted by molar-refractivity contribution is 5.86. The fraction of sp³-hybridized carbons (Fsp3) is 0.250. The van der Waals surface area contributed by atoms with Crippen molar-refractivity contribution in [3.63, 3.8) is 0 Å². The minimum absolute atomic E-state index is 0.0392. The van der Waals surface area contributed by atoms with Crippen molar-refractivity contribution in [2.45, 2.75) is 25.3 Å². The topological polar surface area (TPSA) is 95.9 Å². The molecule has 0 spiro atoms. The maximum atomic E-state index is 12.9. The predicted molar refractivity (Wildman–Crippen MR) is 123 cm³/mol. The van der Waals surface area contributed by atoms with Crippen molar-refractivity contribution in [1.82, 2.24) is 24.6 Å². The number of hydrogen-bond donors (Lipinski definition) is 2. The monoisotopic (exact) mass is 428 g/mol. The Bertz CT molecular complexity index is 1280. The van der Waals surface area contributed by atoms with Crippen molar-refractivity contribution < 1.29 is 4.79 Å². The van der Waals surface area contributed by atoms with Crippen LogP contribution in [0.3, 0.4) is 0 Å². The summed E-state index contributed by atoms with van der Waals surface area (Å²) in [4.78, 5) is 34.6. The molecule has 32 heavy (non-hydrogen) atoms. The van der Waals surface area contributed by atoms with Crippen LogP contribution in [0.5, 0.6) is 0 Å². The summed E-state index contributed by atoms with van der Waals surface area (Å²) in [7, 11) is 0. The summed E-state index contributed by atoms with van der Waals surface area (Å²) in [5.74, 6) is 0.321. The summed E-state index contributed by atoms with van der Waals surface area (Å²) >= 11 is 0. The molecule has 4 aromatic rings. The normalized spacial score (nSPS) is 16.1. The Hall–Kier alpha value is -3.94. The maximum absolute atomic E-state index is 12.9. The van der Waals surface area contributed by atoms with Gasteiger partial charge in [-0.1, -0.05) is 48.5 Å². The van der Waals surface area contributed by atoms with E-state index in [0.717, 1.165) is 25.1 Å². The van der Waals surface area contributed by atoms with E-state index in [4.69, 9.17) is 0 Å². The van der Waals surface area contributed by atoms with Gasteiger partial charge in [0.2, 0.25) is 11.9 Å². The van der Waals surface area contributed by atoms with Crippen LogP contribution < -0.4 is 10.9 Å². The van der Waals surface area contributed by atoms with E-state index in [1.54, 1.807) is 4.68 Å². The zero-order valence-electron chi connectivity index (χ0n) is 17.6. The van der Waals surface area contributed by atoms with Crippen molar-refractivity contribution in [1.29, 1.82) is 0 Å². The van der Waals surface area contributed by atoms with E-state index >= 15 is 0 Å². The van der Waals surface area contributed by atoms with Gasteiger partial charge in [0.25, 0.3) is 5.56 Å². The summed E-state index contributed by atoms with van der Waals surface area (Å²) in [6.07, 6.45) is 4.04. The lowest BCUT2D eigenvalue weighted by Crippen LogP contribution is -2.35. The first kappa shape index (κ1) is 20.0. The summed E-state index contributed by atoms with van der Waals surface area (Å²) in [6, 6.07) is 19.4. The average Bonchev–Trinajstić information content (AvgIpc) is 3.40. The molecule has 0 saturated carbocycles. The van der Waals surface area contributed by atoms with Gasteiger partial charge in [0.1, 0.15) is 11.4 Å². The molecule has 1 aliphatic rings. The van der Waals surface area contributed by atoms with E-state index in [1.165, 1.54) is 11.8 Å². The SMILES string of the molecule is O=C1C(Nc2nc3c(cnn3-c3ccccc3)c(=O)[nH]2)CCN1CCCc1ccccc1. The Kier molecular flexibility index (Phi) is 5.41. The lowest BCUT2D eigenvalue weighted by molar-refractivity contribution is -0.128. The van der Waals surface area contributed by atoms with Gasteiger partial charge in [-0.05, 0) is 37.0 Å². The molecule has 0 aliphatic carbocycles. The Balaban J connectivity index is 1.28. The minimum Gasteiger partial charge on any atom is -0.344 e. The highest BCUT2D eigenvalue weighted by Gasteiger charge is 2.31. The number of aryl methyl sites for hydroxylation is 1. The van der Waals surface area contributed by atoms with E-state index in [1.807, 2.05) is 53.4 Å². The molecule has 8 nitrogen and oxygen atoms in total.